The number of hydrogen-bond donors (Lipinski definition) is 1. The molecule has 0 radical (unpaired) electrons. The van der Waals surface area contributed by atoms with Crippen molar-refractivity contribution in [2.75, 3.05) is 37.7 Å². The van der Waals surface area contributed by atoms with Crippen LogP contribution < -0.4 is 10.2 Å². The Balaban J connectivity index is 1.61. The lowest BCUT2D eigenvalue weighted by molar-refractivity contribution is 0.0948. The van der Waals surface area contributed by atoms with Crippen LogP contribution in [0.15, 0.2) is 30.3 Å². The number of morpholine rings is 1. The topological polar surface area (TPSA) is 67.4 Å². The van der Waals surface area contributed by atoms with Gasteiger partial charge in [0.2, 0.25) is 5.95 Å². The smallest absolute Gasteiger partial charge is 0.270 e. The van der Waals surface area contributed by atoms with Gasteiger partial charge in [0.15, 0.2) is 0 Å². The highest BCUT2D eigenvalue weighted by molar-refractivity contribution is 5.92. The minimum atomic E-state index is -0.264. The first kappa shape index (κ1) is 17.3. The van der Waals surface area contributed by atoms with Crippen molar-refractivity contribution in [1.82, 2.24) is 15.3 Å². The Morgan fingerprint density at radius 2 is 1.96 bits per heavy atom. The van der Waals surface area contributed by atoms with Gasteiger partial charge in [-0.05, 0) is 37.1 Å². The van der Waals surface area contributed by atoms with Crippen LogP contribution in [0.4, 0.5) is 10.3 Å². The Bertz CT molecular complexity index is 730. The molecule has 2 heterocycles. The summed E-state index contributed by atoms with van der Waals surface area (Å²) < 4.78 is 18.2. The van der Waals surface area contributed by atoms with E-state index in [0.29, 0.717) is 37.8 Å². The van der Waals surface area contributed by atoms with E-state index in [-0.39, 0.29) is 11.7 Å². The molecule has 1 fully saturated rings. The molecule has 2 aromatic rings. The van der Waals surface area contributed by atoms with E-state index in [4.69, 9.17) is 4.74 Å². The number of aromatic nitrogens is 2. The third-order valence-corrected chi connectivity index (χ3v) is 3.98. The van der Waals surface area contributed by atoms with Crippen LogP contribution in [0.2, 0.25) is 0 Å². The molecule has 6 nitrogen and oxygen atoms in total. The highest BCUT2D eigenvalue weighted by Crippen LogP contribution is 2.12. The van der Waals surface area contributed by atoms with Crippen LogP contribution >= 0.6 is 0 Å². The van der Waals surface area contributed by atoms with Gasteiger partial charge >= 0.3 is 0 Å². The standard InChI is InChI=1S/C18H21FN4O2/c1-13-12-16(22-18(21-13)23-8-10-25-11-9-23)17(24)20-7-6-14-2-4-15(19)5-3-14/h2-5,12H,6-11H2,1H3,(H,20,24). The van der Waals surface area contributed by atoms with Crippen molar-refractivity contribution in [2.45, 2.75) is 13.3 Å². The van der Waals surface area contributed by atoms with E-state index in [0.717, 1.165) is 24.3 Å². The molecule has 0 spiro atoms. The molecule has 7 heteroatoms. The third kappa shape index (κ3) is 4.73. The predicted octanol–water partition coefficient (Wildman–Crippen LogP) is 1.73. The summed E-state index contributed by atoms with van der Waals surface area (Å²) in [6, 6.07) is 7.94. The summed E-state index contributed by atoms with van der Waals surface area (Å²) >= 11 is 0. The maximum absolute atomic E-state index is 12.9. The minimum Gasteiger partial charge on any atom is -0.378 e. The molecule has 0 atom stereocenters. The molecule has 1 N–H and O–H groups in total. The van der Waals surface area contributed by atoms with Gasteiger partial charge in [0.05, 0.1) is 13.2 Å². The van der Waals surface area contributed by atoms with Gasteiger partial charge in [0.25, 0.3) is 5.91 Å². The highest BCUT2D eigenvalue weighted by Gasteiger charge is 2.17. The predicted molar refractivity (Wildman–Crippen MR) is 92.2 cm³/mol. The van der Waals surface area contributed by atoms with Gasteiger partial charge in [0, 0.05) is 25.3 Å². The Morgan fingerprint density at radius 1 is 1.24 bits per heavy atom. The number of aryl methyl sites for hydroxylation is 1. The van der Waals surface area contributed by atoms with Gasteiger partial charge in [-0.1, -0.05) is 12.1 Å². The normalized spacial score (nSPS) is 14.4. The first-order chi connectivity index (χ1) is 12.1. The number of hydrogen-bond acceptors (Lipinski definition) is 5. The maximum atomic E-state index is 12.9. The number of halogens is 1. The molecule has 1 aliphatic heterocycles. The van der Waals surface area contributed by atoms with E-state index in [1.165, 1.54) is 12.1 Å². The van der Waals surface area contributed by atoms with E-state index in [1.807, 2.05) is 11.8 Å². The van der Waals surface area contributed by atoms with Gasteiger partial charge in [-0.15, -0.1) is 0 Å². The molecule has 0 aliphatic carbocycles. The van der Waals surface area contributed by atoms with E-state index in [9.17, 15) is 9.18 Å². The van der Waals surface area contributed by atoms with Gasteiger partial charge in [-0.25, -0.2) is 14.4 Å². The molecule has 3 rings (SSSR count). The molecule has 0 bridgehead atoms. The van der Waals surface area contributed by atoms with Crippen LogP contribution in [0.25, 0.3) is 0 Å². The Morgan fingerprint density at radius 3 is 2.68 bits per heavy atom. The number of carbonyl (C=O) groups is 1. The zero-order valence-electron chi connectivity index (χ0n) is 14.2. The van der Waals surface area contributed by atoms with Crippen molar-refractivity contribution in [2.24, 2.45) is 0 Å². The van der Waals surface area contributed by atoms with E-state index < -0.39 is 0 Å². The van der Waals surface area contributed by atoms with Crippen molar-refractivity contribution in [3.05, 3.63) is 53.1 Å². The molecule has 1 aliphatic rings. The second-order valence-electron chi connectivity index (χ2n) is 5.93. The minimum absolute atomic E-state index is 0.234. The zero-order valence-corrected chi connectivity index (χ0v) is 14.2. The monoisotopic (exact) mass is 344 g/mol. The highest BCUT2D eigenvalue weighted by atomic mass is 19.1. The SMILES string of the molecule is Cc1cc(C(=O)NCCc2ccc(F)cc2)nc(N2CCOCC2)n1. The molecule has 1 aromatic heterocycles. The van der Waals surface area contributed by atoms with Crippen molar-refractivity contribution in [1.29, 1.82) is 0 Å². The molecule has 0 saturated carbocycles. The lowest BCUT2D eigenvalue weighted by Gasteiger charge is -2.27. The summed E-state index contributed by atoms with van der Waals surface area (Å²) in [6.07, 6.45) is 0.631. The fraction of sp³-hybridized carbons (Fsp3) is 0.389. The zero-order chi connectivity index (χ0) is 17.6. The number of ether oxygens (including phenoxy) is 1. The Labute approximate surface area is 146 Å². The number of amides is 1. The second kappa shape index (κ2) is 8.02. The Hall–Kier alpha value is -2.54. The van der Waals surface area contributed by atoms with E-state index in [1.54, 1.807) is 18.2 Å². The number of nitrogens with one attached hydrogen (secondary N) is 1. The number of benzene rings is 1. The molecular formula is C18H21FN4O2. The summed E-state index contributed by atoms with van der Waals surface area (Å²) in [7, 11) is 0. The lowest BCUT2D eigenvalue weighted by Crippen LogP contribution is -2.38. The van der Waals surface area contributed by atoms with Gasteiger partial charge in [0.1, 0.15) is 11.5 Å². The summed E-state index contributed by atoms with van der Waals surface area (Å²) in [5.74, 6) is 0.0639. The lowest BCUT2D eigenvalue weighted by atomic mass is 10.1. The van der Waals surface area contributed by atoms with Crippen LogP contribution in [0.3, 0.4) is 0 Å². The van der Waals surface area contributed by atoms with Crippen LogP contribution in [0.1, 0.15) is 21.7 Å². The van der Waals surface area contributed by atoms with Crippen LogP contribution in [0.5, 0.6) is 0 Å². The fourth-order valence-corrected chi connectivity index (χ4v) is 2.64. The number of carbonyl (C=O) groups excluding carboxylic acids is 1. The first-order valence-electron chi connectivity index (χ1n) is 8.33. The van der Waals surface area contributed by atoms with Gasteiger partial charge < -0.3 is 15.0 Å². The summed E-state index contributed by atoms with van der Waals surface area (Å²) in [5.41, 5.74) is 2.07. The summed E-state index contributed by atoms with van der Waals surface area (Å²) in [5, 5.41) is 2.85. The quantitative estimate of drug-likeness (QED) is 0.895. The molecule has 1 amide bonds. The van der Waals surface area contributed by atoms with Crippen molar-refractivity contribution in [3.8, 4) is 0 Å². The van der Waals surface area contributed by atoms with Gasteiger partial charge in [-0.3, -0.25) is 4.79 Å². The molecule has 0 unspecified atom stereocenters. The van der Waals surface area contributed by atoms with Crippen LogP contribution in [0, 0.1) is 12.7 Å². The maximum Gasteiger partial charge on any atom is 0.270 e. The second-order valence-corrected chi connectivity index (χ2v) is 5.93. The van der Waals surface area contributed by atoms with E-state index >= 15 is 0 Å². The summed E-state index contributed by atoms with van der Waals surface area (Å²) in [4.78, 5) is 23.2. The number of nitrogens with zero attached hydrogens (tertiary/aromatic N) is 3. The van der Waals surface area contributed by atoms with Crippen molar-refractivity contribution in [3.63, 3.8) is 0 Å². The number of rotatable bonds is 5. The van der Waals surface area contributed by atoms with Crippen molar-refractivity contribution >= 4 is 11.9 Å². The summed E-state index contributed by atoms with van der Waals surface area (Å²) in [6.45, 7) is 5.01. The number of anilines is 1. The average Bonchev–Trinajstić information content (AvgIpc) is 2.63. The van der Waals surface area contributed by atoms with Crippen LogP contribution in [-0.2, 0) is 11.2 Å². The molecule has 25 heavy (non-hydrogen) atoms. The van der Waals surface area contributed by atoms with Gasteiger partial charge in [-0.2, -0.15) is 0 Å². The van der Waals surface area contributed by atoms with Crippen molar-refractivity contribution < 1.29 is 13.9 Å². The Kier molecular flexibility index (Phi) is 5.55. The largest absolute Gasteiger partial charge is 0.378 e. The average molecular weight is 344 g/mol. The van der Waals surface area contributed by atoms with E-state index in [2.05, 4.69) is 15.3 Å². The fourth-order valence-electron chi connectivity index (χ4n) is 2.64. The third-order valence-electron chi connectivity index (χ3n) is 3.98. The molecule has 1 saturated heterocycles. The molecular weight excluding hydrogens is 323 g/mol. The molecule has 132 valence electrons. The first-order valence-corrected chi connectivity index (χ1v) is 8.33. The molecule has 1 aromatic carbocycles. The van der Waals surface area contributed by atoms with Crippen LogP contribution in [-0.4, -0.2) is 48.7 Å².